The van der Waals surface area contributed by atoms with Crippen LogP contribution in [-0.4, -0.2) is 49.8 Å². The molecular weight excluding hydrogens is 244 g/mol. The first kappa shape index (κ1) is 14.2. The van der Waals surface area contributed by atoms with Gasteiger partial charge in [-0.2, -0.15) is 0 Å². The lowest BCUT2D eigenvalue weighted by molar-refractivity contribution is 0.0507. The van der Waals surface area contributed by atoms with Gasteiger partial charge in [-0.25, -0.2) is 17.5 Å². The molecule has 1 fully saturated rings. The summed E-state index contributed by atoms with van der Waals surface area (Å²) in [5, 5.41) is 2.67. The highest BCUT2D eigenvalue weighted by Crippen LogP contribution is 2.13. The summed E-state index contributed by atoms with van der Waals surface area (Å²) in [7, 11) is -3.17. The monoisotopic (exact) mass is 264 g/mol. The van der Waals surface area contributed by atoms with Gasteiger partial charge in [0, 0.05) is 19.1 Å². The van der Waals surface area contributed by atoms with Gasteiger partial charge in [0.1, 0.15) is 5.60 Å². The summed E-state index contributed by atoms with van der Waals surface area (Å²) in [6.45, 7) is 6.11. The van der Waals surface area contributed by atoms with E-state index in [0.717, 1.165) is 0 Å². The van der Waals surface area contributed by atoms with E-state index in [-0.39, 0.29) is 6.04 Å². The van der Waals surface area contributed by atoms with E-state index >= 15 is 0 Å². The molecule has 0 saturated carbocycles. The van der Waals surface area contributed by atoms with Crippen LogP contribution >= 0.6 is 0 Å². The maximum Gasteiger partial charge on any atom is 0.407 e. The summed E-state index contributed by atoms with van der Waals surface area (Å²) in [5.74, 6) is 0. The Bertz CT molecular complexity index is 386. The minimum absolute atomic E-state index is 0.167. The molecule has 1 heterocycles. The third-order valence-electron chi connectivity index (χ3n) is 2.34. The van der Waals surface area contributed by atoms with Gasteiger partial charge in [-0.1, -0.05) is 0 Å². The van der Waals surface area contributed by atoms with Crippen molar-refractivity contribution >= 4 is 16.1 Å². The molecule has 1 unspecified atom stereocenters. The molecular formula is C10H20N2O4S. The van der Waals surface area contributed by atoms with Gasteiger partial charge in [-0.15, -0.1) is 0 Å². The molecule has 0 bridgehead atoms. The van der Waals surface area contributed by atoms with E-state index in [2.05, 4.69) is 5.32 Å². The first-order valence-corrected chi connectivity index (χ1v) is 7.37. The number of hydrogen-bond acceptors (Lipinski definition) is 4. The molecule has 17 heavy (non-hydrogen) atoms. The van der Waals surface area contributed by atoms with Gasteiger partial charge in [0.2, 0.25) is 10.0 Å². The van der Waals surface area contributed by atoms with Gasteiger partial charge in [0.05, 0.1) is 6.26 Å². The number of nitrogens with zero attached hydrogens (tertiary/aromatic N) is 1. The molecule has 1 aliphatic rings. The standard InChI is InChI=1S/C10H20N2O4S/c1-10(2,3)16-9(13)11-8-5-6-12(7-8)17(4,14)15/h8H,5-7H2,1-4H3,(H,11,13). The van der Waals surface area contributed by atoms with Crippen LogP contribution in [0.2, 0.25) is 0 Å². The maximum atomic E-state index is 11.5. The van der Waals surface area contributed by atoms with Gasteiger partial charge in [0.25, 0.3) is 0 Å². The summed E-state index contributed by atoms with van der Waals surface area (Å²) < 4.78 is 29.0. The molecule has 1 amide bonds. The molecule has 0 aliphatic carbocycles. The van der Waals surface area contributed by atoms with Crippen molar-refractivity contribution in [3.63, 3.8) is 0 Å². The zero-order chi connectivity index (χ0) is 13.3. The molecule has 1 saturated heterocycles. The number of carbonyl (C=O) groups excluding carboxylic acids is 1. The molecule has 1 atom stereocenters. The van der Waals surface area contributed by atoms with E-state index in [4.69, 9.17) is 4.74 Å². The molecule has 6 nitrogen and oxygen atoms in total. The molecule has 0 aromatic rings. The average molecular weight is 264 g/mol. The zero-order valence-corrected chi connectivity index (χ0v) is 11.5. The predicted molar refractivity (Wildman–Crippen MR) is 64.2 cm³/mol. The maximum absolute atomic E-state index is 11.5. The number of amides is 1. The molecule has 0 spiro atoms. The van der Waals surface area contributed by atoms with Crippen molar-refractivity contribution in [2.45, 2.75) is 38.8 Å². The second kappa shape index (κ2) is 4.81. The largest absolute Gasteiger partial charge is 0.444 e. The minimum Gasteiger partial charge on any atom is -0.444 e. The number of nitrogens with one attached hydrogen (secondary N) is 1. The molecule has 0 aromatic carbocycles. The van der Waals surface area contributed by atoms with E-state index in [1.54, 1.807) is 20.8 Å². The Morgan fingerprint density at radius 1 is 1.41 bits per heavy atom. The van der Waals surface area contributed by atoms with Crippen molar-refractivity contribution in [1.29, 1.82) is 0 Å². The number of carbonyl (C=O) groups is 1. The Morgan fingerprint density at radius 3 is 2.41 bits per heavy atom. The fraction of sp³-hybridized carbons (Fsp3) is 0.900. The Labute approximate surface area is 102 Å². The van der Waals surface area contributed by atoms with Crippen LogP contribution in [0.3, 0.4) is 0 Å². The Kier molecular flexibility index (Phi) is 4.03. The van der Waals surface area contributed by atoms with E-state index in [0.29, 0.717) is 19.5 Å². The lowest BCUT2D eigenvalue weighted by Gasteiger charge is -2.21. The Morgan fingerprint density at radius 2 is 2.00 bits per heavy atom. The highest BCUT2D eigenvalue weighted by atomic mass is 32.2. The lowest BCUT2D eigenvalue weighted by Crippen LogP contribution is -2.41. The van der Waals surface area contributed by atoms with E-state index in [1.165, 1.54) is 10.6 Å². The van der Waals surface area contributed by atoms with E-state index in [1.807, 2.05) is 0 Å². The number of hydrogen-bond donors (Lipinski definition) is 1. The smallest absolute Gasteiger partial charge is 0.407 e. The van der Waals surface area contributed by atoms with Crippen molar-refractivity contribution in [3.05, 3.63) is 0 Å². The first-order chi connectivity index (χ1) is 7.58. The third kappa shape index (κ3) is 4.91. The molecule has 0 radical (unpaired) electrons. The zero-order valence-electron chi connectivity index (χ0n) is 10.7. The number of rotatable bonds is 2. The number of sulfonamides is 1. The van der Waals surface area contributed by atoms with Gasteiger partial charge in [0.15, 0.2) is 0 Å². The highest BCUT2D eigenvalue weighted by molar-refractivity contribution is 7.88. The quantitative estimate of drug-likeness (QED) is 0.790. The number of ether oxygens (including phenoxy) is 1. The minimum atomic E-state index is -3.17. The molecule has 1 aliphatic heterocycles. The average Bonchev–Trinajstić information content (AvgIpc) is 2.47. The van der Waals surface area contributed by atoms with Crippen LogP contribution in [0.15, 0.2) is 0 Å². The second-order valence-electron chi connectivity index (χ2n) is 5.25. The fourth-order valence-electron chi connectivity index (χ4n) is 1.62. The van der Waals surface area contributed by atoms with E-state index < -0.39 is 21.7 Å². The van der Waals surface area contributed by atoms with Crippen LogP contribution in [0.4, 0.5) is 4.79 Å². The third-order valence-corrected chi connectivity index (χ3v) is 3.61. The predicted octanol–water partition coefficient (Wildman–Crippen LogP) is 0.545. The first-order valence-electron chi connectivity index (χ1n) is 5.52. The SMILES string of the molecule is CC(C)(C)OC(=O)NC1CCN(S(C)(=O)=O)C1. The topological polar surface area (TPSA) is 75.7 Å². The molecule has 100 valence electrons. The highest BCUT2D eigenvalue weighted by Gasteiger charge is 2.30. The van der Waals surface area contributed by atoms with Crippen LogP contribution in [0.25, 0.3) is 0 Å². The number of alkyl carbamates (subject to hydrolysis) is 1. The molecule has 7 heteroatoms. The van der Waals surface area contributed by atoms with E-state index in [9.17, 15) is 13.2 Å². The van der Waals surface area contributed by atoms with Crippen molar-refractivity contribution in [2.24, 2.45) is 0 Å². The molecule has 0 aromatic heterocycles. The van der Waals surface area contributed by atoms with Gasteiger partial charge < -0.3 is 10.1 Å². The van der Waals surface area contributed by atoms with Crippen molar-refractivity contribution in [1.82, 2.24) is 9.62 Å². The second-order valence-corrected chi connectivity index (χ2v) is 7.24. The Balaban J connectivity index is 2.44. The van der Waals surface area contributed by atoms with Crippen LogP contribution in [0.1, 0.15) is 27.2 Å². The van der Waals surface area contributed by atoms with Crippen molar-refractivity contribution < 1.29 is 17.9 Å². The normalized spacial score (nSPS) is 22.5. The summed E-state index contributed by atoms with van der Waals surface area (Å²) in [6, 6.07) is -0.167. The summed E-state index contributed by atoms with van der Waals surface area (Å²) >= 11 is 0. The van der Waals surface area contributed by atoms with Crippen LogP contribution in [0.5, 0.6) is 0 Å². The van der Waals surface area contributed by atoms with Crippen molar-refractivity contribution in [3.8, 4) is 0 Å². The van der Waals surface area contributed by atoms with Crippen LogP contribution in [0, 0.1) is 0 Å². The van der Waals surface area contributed by atoms with Gasteiger partial charge >= 0.3 is 6.09 Å². The van der Waals surface area contributed by atoms with Gasteiger partial charge in [-0.3, -0.25) is 0 Å². The molecule has 1 N–H and O–H groups in total. The van der Waals surface area contributed by atoms with Crippen LogP contribution in [-0.2, 0) is 14.8 Å². The fourth-order valence-corrected chi connectivity index (χ4v) is 2.51. The lowest BCUT2D eigenvalue weighted by atomic mass is 10.2. The summed E-state index contributed by atoms with van der Waals surface area (Å²) in [6.07, 6.45) is 1.28. The summed E-state index contributed by atoms with van der Waals surface area (Å²) in [4.78, 5) is 11.5. The van der Waals surface area contributed by atoms with Crippen molar-refractivity contribution in [2.75, 3.05) is 19.3 Å². The molecule has 1 rings (SSSR count). The van der Waals surface area contributed by atoms with Crippen LogP contribution < -0.4 is 5.32 Å². The summed E-state index contributed by atoms with van der Waals surface area (Å²) in [5.41, 5.74) is -0.542. The van der Waals surface area contributed by atoms with Gasteiger partial charge in [-0.05, 0) is 27.2 Å². The Hall–Kier alpha value is -0.820.